The Labute approximate surface area is 124 Å². The van der Waals surface area contributed by atoms with Gasteiger partial charge in [-0.15, -0.1) is 0 Å². The molecule has 1 N–H and O–H groups in total. The van der Waals surface area contributed by atoms with Crippen LogP contribution in [0.15, 0.2) is 17.0 Å². The molecule has 1 atom stereocenters. The number of nitrogens with one attached hydrogen (secondary N) is 1. The summed E-state index contributed by atoms with van der Waals surface area (Å²) in [6.07, 6.45) is 1.63. The molecule has 1 saturated heterocycles. The second-order valence-corrected chi connectivity index (χ2v) is 7.11. The van der Waals surface area contributed by atoms with Crippen LogP contribution in [0.1, 0.15) is 25.3 Å². The smallest absolute Gasteiger partial charge is 0.293 e. The molecule has 0 aromatic heterocycles. The first-order chi connectivity index (χ1) is 9.78. The molecule has 0 amide bonds. The zero-order valence-corrected chi connectivity index (χ0v) is 13.1. The van der Waals surface area contributed by atoms with Gasteiger partial charge in [0.05, 0.1) is 9.82 Å². The Morgan fingerprint density at radius 1 is 1.43 bits per heavy atom. The molecule has 2 rings (SSSR count). The average molecular weight is 313 g/mol. The van der Waals surface area contributed by atoms with E-state index in [1.807, 2.05) is 6.92 Å². The van der Waals surface area contributed by atoms with E-state index < -0.39 is 14.9 Å². The van der Waals surface area contributed by atoms with E-state index >= 15 is 0 Å². The molecule has 1 unspecified atom stereocenters. The Morgan fingerprint density at radius 3 is 2.57 bits per heavy atom. The summed E-state index contributed by atoms with van der Waals surface area (Å²) in [5, 5.41) is 13.8. The Kier molecular flexibility index (Phi) is 4.20. The van der Waals surface area contributed by atoms with Gasteiger partial charge in [0.2, 0.25) is 10.0 Å². The molecule has 0 aliphatic carbocycles. The molecule has 7 nitrogen and oxygen atoms in total. The van der Waals surface area contributed by atoms with Gasteiger partial charge in [-0.25, -0.2) is 8.42 Å². The van der Waals surface area contributed by atoms with E-state index in [0.29, 0.717) is 17.8 Å². The number of nitro benzene ring substituents is 1. The van der Waals surface area contributed by atoms with Crippen LogP contribution in [0.25, 0.3) is 0 Å². The fraction of sp³-hybridized carbons (Fsp3) is 0.538. The van der Waals surface area contributed by atoms with Crippen molar-refractivity contribution in [3.8, 4) is 0 Å². The van der Waals surface area contributed by atoms with Gasteiger partial charge in [0.15, 0.2) is 0 Å². The van der Waals surface area contributed by atoms with E-state index in [1.165, 1.54) is 10.4 Å². The van der Waals surface area contributed by atoms with Crippen molar-refractivity contribution in [2.45, 2.75) is 37.6 Å². The minimum absolute atomic E-state index is 0.0157. The number of anilines is 1. The summed E-state index contributed by atoms with van der Waals surface area (Å²) in [5.41, 5.74) is 0.587. The first-order valence-electron chi connectivity index (χ1n) is 6.77. The second kappa shape index (κ2) is 5.61. The molecule has 1 aliphatic heterocycles. The highest BCUT2D eigenvalue weighted by molar-refractivity contribution is 7.89. The van der Waals surface area contributed by atoms with Crippen LogP contribution in [0.2, 0.25) is 0 Å². The van der Waals surface area contributed by atoms with E-state index in [9.17, 15) is 18.5 Å². The molecule has 0 bridgehead atoms. The van der Waals surface area contributed by atoms with Crippen LogP contribution in [0.5, 0.6) is 0 Å². The third-order valence-corrected chi connectivity index (χ3v) is 5.99. The predicted octanol–water partition coefficient (Wildman–Crippen LogP) is 2.12. The van der Waals surface area contributed by atoms with E-state index in [1.54, 1.807) is 14.0 Å². The van der Waals surface area contributed by atoms with Gasteiger partial charge in [-0.3, -0.25) is 10.1 Å². The highest BCUT2D eigenvalue weighted by atomic mass is 32.2. The molecular weight excluding hydrogens is 294 g/mol. The van der Waals surface area contributed by atoms with Gasteiger partial charge in [-0.1, -0.05) is 0 Å². The van der Waals surface area contributed by atoms with Crippen molar-refractivity contribution in [2.24, 2.45) is 0 Å². The number of hydrogen-bond acceptors (Lipinski definition) is 5. The van der Waals surface area contributed by atoms with Gasteiger partial charge < -0.3 is 5.32 Å². The molecule has 1 fully saturated rings. The van der Waals surface area contributed by atoms with Crippen LogP contribution < -0.4 is 5.32 Å². The molecule has 1 aromatic rings. The molecule has 21 heavy (non-hydrogen) atoms. The number of benzene rings is 1. The summed E-state index contributed by atoms with van der Waals surface area (Å²) in [7, 11) is -2.13. The van der Waals surface area contributed by atoms with E-state index in [4.69, 9.17) is 0 Å². The number of sulfonamides is 1. The monoisotopic (exact) mass is 313 g/mol. The minimum atomic E-state index is -3.70. The zero-order chi connectivity index (χ0) is 15.8. The van der Waals surface area contributed by atoms with E-state index in [-0.39, 0.29) is 16.6 Å². The lowest BCUT2D eigenvalue weighted by molar-refractivity contribution is -0.384. The van der Waals surface area contributed by atoms with Crippen LogP contribution >= 0.6 is 0 Å². The lowest BCUT2D eigenvalue weighted by Gasteiger charge is -2.22. The fourth-order valence-electron chi connectivity index (χ4n) is 2.70. The van der Waals surface area contributed by atoms with Crippen LogP contribution in [0.4, 0.5) is 11.4 Å². The number of nitrogens with zero attached hydrogens (tertiary/aromatic N) is 2. The first-order valence-corrected chi connectivity index (χ1v) is 8.21. The number of nitro groups is 1. The van der Waals surface area contributed by atoms with Gasteiger partial charge in [-0.05, 0) is 38.3 Å². The second-order valence-electron chi connectivity index (χ2n) is 5.25. The summed E-state index contributed by atoms with van der Waals surface area (Å²) in [6.45, 7) is 3.97. The molecule has 8 heteroatoms. The first kappa shape index (κ1) is 15.7. The van der Waals surface area contributed by atoms with Crippen molar-refractivity contribution in [3.05, 3.63) is 27.8 Å². The number of hydrogen-bond donors (Lipinski definition) is 1. The molecule has 0 radical (unpaired) electrons. The maximum atomic E-state index is 12.7. The maximum absolute atomic E-state index is 12.7. The largest absolute Gasteiger partial charge is 0.383 e. The minimum Gasteiger partial charge on any atom is -0.383 e. The highest BCUT2D eigenvalue weighted by Crippen LogP contribution is 2.33. The molecule has 1 aliphatic rings. The lowest BCUT2D eigenvalue weighted by atomic mass is 10.2. The third-order valence-electron chi connectivity index (χ3n) is 3.84. The van der Waals surface area contributed by atoms with Crippen molar-refractivity contribution in [3.63, 3.8) is 0 Å². The number of aryl methyl sites for hydroxylation is 1. The van der Waals surface area contributed by atoms with Gasteiger partial charge >= 0.3 is 0 Å². The third kappa shape index (κ3) is 2.73. The molecule has 116 valence electrons. The van der Waals surface area contributed by atoms with Crippen molar-refractivity contribution in [2.75, 3.05) is 18.9 Å². The zero-order valence-electron chi connectivity index (χ0n) is 12.3. The topological polar surface area (TPSA) is 92.6 Å². The van der Waals surface area contributed by atoms with Gasteiger partial charge in [0.1, 0.15) is 5.69 Å². The summed E-state index contributed by atoms with van der Waals surface area (Å²) < 4.78 is 26.9. The van der Waals surface area contributed by atoms with Gasteiger partial charge in [0, 0.05) is 25.7 Å². The van der Waals surface area contributed by atoms with Crippen molar-refractivity contribution >= 4 is 21.4 Å². The molecule has 1 heterocycles. The summed E-state index contributed by atoms with van der Waals surface area (Å²) >= 11 is 0. The average Bonchev–Trinajstić information content (AvgIpc) is 2.84. The highest BCUT2D eigenvalue weighted by Gasteiger charge is 2.35. The Bertz CT molecular complexity index is 672. The summed E-state index contributed by atoms with van der Waals surface area (Å²) in [6, 6.07) is 2.59. The van der Waals surface area contributed by atoms with E-state index in [0.717, 1.165) is 18.9 Å². The van der Waals surface area contributed by atoms with Gasteiger partial charge in [-0.2, -0.15) is 4.31 Å². The lowest BCUT2D eigenvalue weighted by Crippen LogP contribution is -2.34. The van der Waals surface area contributed by atoms with Crippen molar-refractivity contribution < 1.29 is 13.3 Å². The van der Waals surface area contributed by atoms with Crippen LogP contribution in [-0.2, 0) is 10.0 Å². The SMILES string of the molecule is CNc1cc(C)c(S(=O)(=O)N2CCCC2C)cc1[N+](=O)[O-]. The Hall–Kier alpha value is -1.67. The summed E-state index contributed by atoms with van der Waals surface area (Å²) in [4.78, 5) is 10.6. The standard InChI is InChI=1S/C13H19N3O4S/c1-9-7-11(14-3)12(16(17)18)8-13(9)21(19,20)15-6-4-5-10(15)2/h7-8,10,14H,4-6H2,1-3H3. The molecule has 0 saturated carbocycles. The fourth-order valence-corrected chi connectivity index (χ4v) is 4.62. The van der Waals surface area contributed by atoms with Crippen LogP contribution in [0, 0.1) is 17.0 Å². The normalized spacial score (nSPS) is 19.7. The van der Waals surface area contributed by atoms with Crippen molar-refractivity contribution in [1.82, 2.24) is 4.31 Å². The molecule has 0 spiro atoms. The van der Waals surface area contributed by atoms with Crippen molar-refractivity contribution in [1.29, 1.82) is 0 Å². The molecule has 1 aromatic carbocycles. The van der Waals surface area contributed by atoms with Crippen LogP contribution in [-0.4, -0.2) is 37.3 Å². The van der Waals surface area contributed by atoms with Crippen LogP contribution in [0.3, 0.4) is 0 Å². The Morgan fingerprint density at radius 2 is 2.10 bits per heavy atom. The maximum Gasteiger partial charge on any atom is 0.293 e. The Balaban J connectivity index is 2.58. The molecular formula is C13H19N3O4S. The van der Waals surface area contributed by atoms with Gasteiger partial charge in [0.25, 0.3) is 5.69 Å². The summed E-state index contributed by atoms with van der Waals surface area (Å²) in [5.74, 6) is 0. The van der Waals surface area contributed by atoms with E-state index in [2.05, 4.69) is 5.32 Å². The quantitative estimate of drug-likeness (QED) is 0.679. The number of rotatable bonds is 4. The predicted molar refractivity (Wildman–Crippen MR) is 80.0 cm³/mol.